The van der Waals surface area contributed by atoms with Crippen molar-refractivity contribution < 1.29 is 27.4 Å². The average Bonchev–Trinajstić information content (AvgIpc) is 3.19. The van der Waals surface area contributed by atoms with Crippen LogP contribution in [0.4, 0.5) is 8.99 Å². The third-order valence-corrected chi connectivity index (χ3v) is 7.73. The van der Waals surface area contributed by atoms with Crippen LogP contribution in [0, 0.1) is 0 Å². The van der Waals surface area contributed by atoms with Crippen molar-refractivity contribution in [2.45, 2.75) is 88.7 Å². The second-order valence-corrected chi connectivity index (χ2v) is 10.7. The van der Waals surface area contributed by atoms with Gasteiger partial charge in [-0.3, -0.25) is 13.8 Å². The van der Waals surface area contributed by atoms with E-state index in [1.54, 1.807) is 13.8 Å². The highest BCUT2D eigenvalue weighted by Crippen LogP contribution is 2.51. The molecule has 2 saturated heterocycles. The van der Waals surface area contributed by atoms with Crippen LogP contribution in [-0.4, -0.2) is 54.3 Å². The maximum Gasteiger partial charge on any atom is 0.513 e. The predicted molar refractivity (Wildman–Crippen MR) is 116 cm³/mol. The van der Waals surface area contributed by atoms with Crippen LogP contribution in [0.25, 0.3) is 0 Å². The summed E-state index contributed by atoms with van der Waals surface area (Å²) in [4.78, 5) is 23.3. The van der Waals surface area contributed by atoms with Gasteiger partial charge in [-0.2, -0.15) is 11.8 Å². The molecule has 2 aliphatic rings. The topological polar surface area (TPSA) is 106 Å². The van der Waals surface area contributed by atoms with Crippen molar-refractivity contribution in [3.8, 4) is 0 Å². The molecule has 2 aliphatic heterocycles. The van der Waals surface area contributed by atoms with Gasteiger partial charge in [-0.1, -0.05) is 19.3 Å². The number of fused-ring (bicyclic) bond motifs is 1. The number of rotatable bonds is 15. The molecule has 0 spiro atoms. The van der Waals surface area contributed by atoms with E-state index in [1.807, 2.05) is 11.8 Å². The summed E-state index contributed by atoms with van der Waals surface area (Å²) in [5.74, 6) is 1.02. The lowest BCUT2D eigenvalue weighted by atomic mass is 10.0. The third kappa shape index (κ3) is 9.54. The van der Waals surface area contributed by atoms with Crippen LogP contribution < -0.4 is 16.0 Å². The van der Waals surface area contributed by atoms with Gasteiger partial charge in [0.15, 0.2) is 0 Å². The molecule has 0 aliphatic carbocycles. The molecule has 0 saturated carbocycles. The summed E-state index contributed by atoms with van der Waals surface area (Å²) in [6.45, 7) is 3.88. The van der Waals surface area contributed by atoms with Crippen LogP contribution in [0.3, 0.4) is 0 Å². The van der Waals surface area contributed by atoms with Crippen molar-refractivity contribution in [1.29, 1.82) is 0 Å². The standard InChI is InChI=1S/C19H35FN3O5PS/c1-14(2)28-29(20,26)27-12-8-4-3-7-11-21-17(24)10-6-5-9-16-18-15(13-30-16)22-19(25)23-18/h14-16,18H,3-13H2,1-2H3,(H,21,24)(H2,22,23,25)/t15-,16-,18-,29?/m0/s1. The molecule has 0 aromatic rings. The van der Waals surface area contributed by atoms with Crippen LogP contribution in [0.1, 0.15) is 65.2 Å². The molecule has 0 radical (unpaired) electrons. The Labute approximate surface area is 182 Å². The molecule has 174 valence electrons. The number of nitrogens with one attached hydrogen (secondary N) is 3. The Hall–Kier alpha value is -0.830. The molecule has 0 aromatic carbocycles. The fourth-order valence-corrected chi connectivity index (χ4v) is 6.08. The molecule has 2 rings (SSSR count). The van der Waals surface area contributed by atoms with Crippen molar-refractivity contribution >= 4 is 31.6 Å². The molecule has 4 atom stereocenters. The molecule has 11 heteroatoms. The summed E-state index contributed by atoms with van der Waals surface area (Å²) < 4.78 is 34.0. The summed E-state index contributed by atoms with van der Waals surface area (Å²) in [5, 5.41) is 9.28. The number of hydrogen-bond acceptors (Lipinski definition) is 6. The molecule has 0 bridgehead atoms. The van der Waals surface area contributed by atoms with Gasteiger partial charge in [0.05, 0.1) is 24.8 Å². The Balaban J connectivity index is 1.39. The van der Waals surface area contributed by atoms with Gasteiger partial charge in [0.2, 0.25) is 5.91 Å². The van der Waals surface area contributed by atoms with Crippen molar-refractivity contribution in [3.63, 3.8) is 0 Å². The van der Waals surface area contributed by atoms with Crippen molar-refractivity contribution in [2.75, 3.05) is 18.9 Å². The number of urea groups is 1. The molecule has 1 unspecified atom stereocenters. The van der Waals surface area contributed by atoms with E-state index in [0.29, 0.717) is 24.6 Å². The predicted octanol–water partition coefficient (Wildman–Crippen LogP) is 3.91. The smallest absolute Gasteiger partial charge is 0.356 e. The second kappa shape index (κ2) is 12.9. The first kappa shape index (κ1) is 25.4. The van der Waals surface area contributed by atoms with E-state index in [0.717, 1.165) is 44.3 Å². The minimum atomic E-state index is -4.43. The lowest BCUT2D eigenvalue weighted by Gasteiger charge is -2.16. The molecule has 3 amide bonds. The van der Waals surface area contributed by atoms with Gasteiger partial charge >= 0.3 is 13.9 Å². The van der Waals surface area contributed by atoms with E-state index in [4.69, 9.17) is 0 Å². The van der Waals surface area contributed by atoms with Crippen LogP contribution in [0.2, 0.25) is 0 Å². The van der Waals surface area contributed by atoms with Gasteiger partial charge in [-0.15, -0.1) is 4.20 Å². The Bertz CT molecular complexity index is 613. The van der Waals surface area contributed by atoms with Gasteiger partial charge in [-0.25, -0.2) is 9.36 Å². The van der Waals surface area contributed by atoms with E-state index < -0.39 is 14.0 Å². The van der Waals surface area contributed by atoms with Crippen LogP contribution in [-0.2, 0) is 18.4 Å². The first-order valence-corrected chi connectivity index (χ1v) is 13.3. The zero-order valence-corrected chi connectivity index (χ0v) is 19.6. The third-order valence-electron chi connectivity index (χ3n) is 5.06. The minimum Gasteiger partial charge on any atom is -0.356 e. The first-order valence-electron chi connectivity index (χ1n) is 10.8. The Kier molecular flexibility index (Phi) is 10.9. The quantitative estimate of drug-likeness (QED) is 0.192. The van der Waals surface area contributed by atoms with Crippen molar-refractivity contribution in [2.24, 2.45) is 0 Å². The van der Waals surface area contributed by atoms with E-state index in [2.05, 4.69) is 25.0 Å². The monoisotopic (exact) mass is 467 g/mol. The Morgan fingerprint density at radius 1 is 1.23 bits per heavy atom. The molecule has 30 heavy (non-hydrogen) atoms. The van der Waals surface area contributed by atoms with Gasteiger partial charge in [-0.05, 0) is 39.5 Å². The minimum absolute atomic E-state index is 0.0630. The van der Waals surface area contributed by atoms with Crippen LogP contribution in [0.5, 0.6) is 0 Å². The zero-order valence-electron chi connectivity index (χ0n) is 17.9. The number of thioether (sulfide) groups is 1. The Morgan fingerprint density at radius 2 is 2.00 bits per heavy atom. The van der Waals surface area contributed by atoms with Gasteiger partial charge in [0.25, 0.3) is 0 Å². The molecular weight excluding hydrogens is 432 g/mol. The van der Waals surface area contributed by atoms with Crippen LogP contribution >= 0.6 is 19.7 Å². The summed E-state index contributed by atoms with van der Waals surface area (Å²) in [6.07, 6.45) is 6.00. The summed E-state index contributed by atoms with van der Waals surface area (Å²) in [7, 11) is -4.43. The van der Waals surface area contributed by atoms with E-state index in [1.165, 1.54) is 0 Å². The van der Waals surface area contributed by atoms with Crippen molar-refractivity contribution in [1.82, 2.24) is 16.0 Å². The zero-order chi connectivity index (χ0) is 22.0. The number of halogens is 1. The molecule has 2 fully saturated rings. The van der Waals surface area contributed by atoms with Gasteiger partial charge in [0, 0.05) is 24.0 Å². The molecule has 8 nitrogen and oxygen atoms in total. The maximum atomic E-state index is 13.4. The van der Waals surface area contributed by atoms with E-state index in [-0.39, 0.29) is 30.6 Å². The van der Waals surface area contributed by atoms with Crippen molar-refractivity contribution in [3.05, 3.63) is 0 Å². The van der Waals surface area contributed by atoms with E-state index in [9.17, 15) is 18.4 Å². The molecule has 2 heterocycles. The summed E-state index contributed by atoms with van der Waals surface area (Å²) >= 11 is 1.89. The lowest BCUT2D eigenvalue weighted by Crippen LogP contribution is -2.36. The lowest BCUT2D eigenvalue weighted by molar-refractivity contribution is -0.121. The fourth-order valence-electron chi connectivity index (χ4n) is 3.63. The average molecular weight is 468 g/mol. The highest BCUT2D eigenvalue weighted by molar-refractivity contribution is 8.00. The summed E-state index contributed by atoms with van der Waals surface area (Å²) in [5.41, 5.74) is 0. The normalized spacial score (nSPS) is 24.9. The Morgan fingerprint density at radius 3 is 2.77 bits per heavy atom. The molecular formula is C19H35FN3O5PS. The highest BCUT2D eigenvalue weighted by atomic mass is 32.2. The second-order valence-electron chi connectivity index (χ2n) is 8.05. The number of carbonyl (C=O) groups is 2. The van der Waals surface area contributed by atoms with Gasteiger partial charge in [0.1, 0.15) is 0 Å². The largest absolute Gasteiger partial charge is 0.513 e. The fraction of sp³-hybridized carbons (Fsp3) is 0.895. The first-order chi connectivity index (χ1) is 14.3. The van der Waals surface area contributed by atoms with Gasteiger partial charge < -0.3 is 16.0 Å². The number of carbonyl (C=O) groups excluding carboxylic acids is 2. The molecule has 3 N–H and O–H groups in total. The number of amides is 3. The molecule has 0 aromatic heterocycles. The maximum absolute atomic E-state index is 13.4. The SMILES string of the molecule is CC(C)OP(=O)(F)OCCCCCCNC(=O)CCCC[C@@H]1SC[C@@H]2NC(=O)N[C@@H]21. The highest BCUT2D eigenvalue weighted by Gasteiger charge is 2.42. The van der Waals surface area contributed by atoms with E-state index >= 15 is 0 Å². The number of unbranched alkanes of at least 4 members (excludes halogenated alkanes) is 4. The van der Waals surface area contributed by atoms with Crippen LogP contribution in [0.15, 0.2) is 0 Å². The summed E-state index contributed by atoms with van der Waals surface area (Å²) in [6, 6.07) is 0.406. The number of hydrogen-bond donors (Lipinski definition) is 3.